The maximum absolute atomic E-state index is 12.3. The van der Waals surface area contributed by atoms with Crippen LogP contribution in [-0.2, 0) is 6.54 Å². The third kappa shape index (κ3) is 3.28. The molecule has 0 saturated carbocycles. The van der Waals surface area contributed by atoms with Crippen LogP contribution in [0.2, 0.25) is 0 Å². The van der Waals surface area contributed by atoms with Gasteiger partial charge in [-0.15, -0.1) is 0 Å². The molecule has 0 saturated heterocycles. The minimum absolute atomic E-state index is 0.0813. The van der Waals surface area contributed by atoms with Crippen molar-refractivity contribution >= 4 is 33.4 Å². The van der Waals surface area contributed by atoms with Crippen molar-refractivity contribution in [1.82, 2.24) is 29.9 Å². The summed E-state index contributed by atoms with van der Waals surface area (Å²) < 4.78 is 1.83. The zero-order valence-electron chi connectivity index (χ0n) is 16.1. The standard InChI is InChI=1S/C22H19N7O/c23-22-21-17(16-6-5-14(11-19(16)26-22)18-7-9-25-27-18)13-29(28-21)10-2-4-20(30)15-3-1-8-24-12-15/h1,3,5-9,11-13H,2,4,10H2,(H2,23,26)(H,25,27). The molecule has 5 rings (SSSR count). The van der Waals surface area contributed by atoms with Gasteiger partial charge in [-0.3, -0.25) is 19.6 Å². The Morgan fingerprint density at radius 2 is 2.07 bits per heavy atom. The number of Topliss-reactive ketones (excluding diaryl/α,β-unsaturated/α-hetero) is 1. The number of anilines is 1. The van der Waals surface area contributed by atoms with Gasteiger partial charge in [-0.25, -0.2) is 4.98 Å². The largest absolute Gasteiger partial charge is 0.382 e. The molecule has 0 unspecified atom stereocenters. The lowest BCUT2D eigenvalue weighted by Gasteiger charge is -2.03. The highest BCUT2D eigenvalue weighted by Gasteiger charge is 2.13. The first-order chi connectivity index (χ1) is 14.7. The van der Waals surface area contributed by atoms with E-state index >= 15 is 0 Å². The number of benzene rings is 1. The zero-order valence-corrected chi connectivity index (χ0v) is 16.1. The molecule has 4 aromatic heterocycles. The number of aromatic amines is 1. The topological polar surface area (TPSA) is 115 Å². The number of nitrogen functional groups attached to an aromatic ring is 1. The predicted octanol–water partition coefficient (Wildman–Crippen LogP) is 3.61. The normalized spacial score (nSPS) is 11.3. The molecule has 5 aromatic rings. The van der Waals surface area contributed by atoms with Gasteiger partial charge in [0, 0.05) is 59.7 Å². The maximum atomic E-state index is 12.3. The first kappa shape index (κ1) is 18.0. The minimum atomic E-state index is 0.0813. The van der Waals surface area contributed by atoms with Crippen molar-refractivity contribution in [3.05, 3.63) is 66.7 Å². The molecule has 0 fully saturated rings. The molecule has 30 heavy (non-hydrogen) atoms. The van der Waals surface area contributed by atoms with Crippen LogP contribution < -0.4 is 5.73 Å². The highest BCUT2D eigenvalue weighted by Crippen LogP contribution is 2.30. The number of aryl methyl sites for hydroxylation is 1. The Labute approximate surface area is 171 Å². The van der Waals surface area contributed by atoms with Gasteiger partial charge >= 0.3 is 0 Å². The Morgan fingerprint density at radius 1 is 1.13 bits per heavy atom. The van der Waals surface area contributed by atoms with Crippen LogP contribution in [0.15, 0.2) is 61.2 Å². The molecule has 0 radical (unpaired) electrons. The van der Waals surface area contributed by atoms with Crippen molar-refractivity contribution in [3.63, 3.8) is 0 Å². The summed E-state index contributed by atoms with van der Waals surface area (Å²) in [6.45, 7) is 0.619. The molecule has 8 heteroatoms. The van der Waals surface area contributed by atoms with Gasteiger partial charge in [0.1, 0.15) is 5.52 Å². The zero-order chi connectivity index (χ0) is 20.5. The lowest BCUT2D eigenvalue weighted by molar-refractivity contribution is 0.0978. The first-order valence-corrected chi connectivity index (χ1v) is 9.68. The number of ketones is 1. The van der Waals surface area contributed by atoms with Crippen molar-refractivity contribution < 1.29 is 4.79 Å². The fourth-order valence-electron chi connectivity index (χ4n) is 3.61. The second-order valence-corrected chi connectivity index (χ2v) is 7.12. The van der Waals surface area contributed by atoms with Crippen LogP contribution in [0.1, 0.15) is 23.2 Å². The molecule has 0 spiro atoms. The number of hydrogen-bond donors (Lipinski definition) is 2. The van der Waals surface area contributed by atoms with Crippen LogP contribution in [0.25, 0.3) is 33.1 Å². The van der Waals surface area contributed by atoms with Crippen molar-refractivity contribution in [2.75, 3.05) is 5.73 Å². The fraction of sp³-hybridized carbons (Fsp3) is 0.136. The number of pyridine rings is 2. The van der Waals surface area contributed by atoms with Crippen LogP contribution in [-0.4, -0.2) is 35.7 Å². The molecule has 0 aliphatic heterocycles. The van der Waals surface area contributed by atoms with Gasteiger partial charge in [0.25, 0.3) is 0 Å². The third-order valence-electron chi connectivity index (χ3n) is 5.12. The van der Waals surface area contributed by atoms with Gasteiger partial charge in [0.15, 0.2) is 11.6 Å². The number of rotatable bonds is 6. The highest BCUT2D eigenvalue weighted by molar-refractivity contribution is 6.08. The Morgan fingerprint density at radius 3 is 2.87 bits per heavy atom. The lowest BCUT2D eigenvalue weighted by Crippen LogP contribution is -2.04. The molecule has 3 N–H and O–H groups in total. The molecule has 0 aliphatic rings. The summed E-state index contributed by atoms with van der Waals surface area (Å²) >= 11 is 0. The van der Waals surface area contributed by atoms with E-state index in [1.165, 1.54) is 0 Å². The average Bonchev–Trinajstić information content (AvgIpc) is 3.45. The predicted molar refractivity (Wildman–Crippen MR) is 115 cm³/mol. The molecule has 148 valence electrons. The van der Waals surface area contributed by atoms with Crippen molar-refractivity contribution in [2.45, 2.75) is 19.4 Å². The van der Waals surface area contributed by atoms with Gasteiger partial charge in [0.2, 0.25) is 0 Å². The number of hydrogen-bond acceptors (Lipinski definition) is 6. The summed E-state index contributed by atoms with van der Waals surface area (Å²) in [4.78, 5) is 20.8. The summed E-state index contributed by atoms with van der Waals surface area (Å²) in [7, 11) is 0. The number of nitrogens with zero attached hydrogens (tertiary/aromatic N) is 5. The lowest BCUT2D eigenvalue weighted by atomic mass is 10.1. The van der Waals surface area contributed by atoms with Gasteiger partial charge in [-0.05, 0) is 30.7 Å². The van der Waals surface area contributed by atoms with E-state index in [-0.39, 0.29) is 5.78 Å². The van der Waals surface area contributed by atoms with Crippen molar-refractivity contribution in [2.24, 2.45) is 0 Å². The van der Waals surface area contributed by atoms with E-state index in [2.05, 4.69) is 25.3 Å². The average molecular weight is 397 g/mol. The Hall–Kier alpha value is -4.07. The maximum Gasteiger partial charge on any atom is 0.164 e. The van der Waals surface area contributed by atoms with E-state index in [4.69, 9.17) is 5.73 Å². The number of H-pyrrole nitrogens is 1. The molecule has 0 amide bonds. The SMILES string of the molecule is Nc1nc2cc(-c3ccn[nH]3)ccc2c2cn(CCCC(=O)c3cccnc3)nc12. The van der Waals surface area contributed by atoms with Crippen LogP contribution in [0.3, 0.4) is 0 Å². The van der Waals surface area contributed by atoms with Crippen LogP contribution in [0, 0.1) is 0 Å². The first-order valence-electron chi connectivity index (χ1n) is 9.68. The molecule has 0 atom stereocenters. The molecule has 0 bridgehead atoms. The van der Waals surface area contributed by atoms with Gasteiger partial charge in [0.05, 0.1) is 11.2 Å². The van der Waals surface area contributed by atoms with Crippen LogP contribution >= 0.6 is 0 Å². The second-order valence-electron chi connectivity index (χ2n) is 7.12. The summed E-state index contributed by atoms with van der Waals surface area (Å²) in [5.41, 5.74) is 10.2. The van der Waals surface area contributed by atoms with E-state index < -0.39 is 0 Å². The summed E-state index contributed by atoms with van der Waals surface area (Å²) in [6.07, 6.45) is 8.06. The molecule has 1 aromatic carbocycles. The minimum Gasteiger partial charge on any atom is -0.382 e. The van der Waals surface area contributed by atoms with Gasteiger partial charge in [-0.1, -0.05) is 12.1 Å². The molecular formula is C22H19N7O. The quantitative estimate of drug-likeness (QED) is 0.423. The molecule has 4 heterocycles. The van der Waals surface area contributed by atoms with Crippen LogP contribution in [0.5, 0.6) is 0 Å². The summed E-state index contributed by atoms with van der Waals surface area (Å²) in [5, 5.41) is 13.5. The Kier molecular flexibility index (Phi) is 4.44. The van der Waals surface area contributed by atoms with E-state index in [1.807, 2.05) is 35.1 Å². The van der Waals surface area contributed by atoms with Gasteiger partial charge < -0.3 is 5.73 Å². The molecule has 0 aliphatic carbocycles. The number of aromatic nitrogens is 6. The van der Waals surface area contributed by atoms with E-state index in [0.717, 1.165) is 27.5 Å². The van der Waals surface area contributed by atoms with Gasteiger partial charge in [-0.2, -0.15) is 10.2 Å². The van der Waals surface area contributed by atoms with Crippen molar-refractivity contribution in [3.8, 4) is 11.3 Å². The Balaban J connectivity index is 1.40. The number of fused-ring (bicyclic) bond motifs is 3. The summed E-state index contributed by atoms with van der Waals surface area (Å²) in [6, 6.07) is 11.5. The smallest absolute Gasteiger partial charge is 0.164 e. The van der Waals surface area contributed by atoms with E-state index in [1.54, 1.807) is 30.7 Å². The molecule has 8 nitrogen and oxygen atoms in total. The Bertz CT molecular complexity index is 1340. The number of carbonyl (C=O) groups is 1. The third-order valence-corrected chi connectivity index (χ3v) is 5.12. The summed E-state index contributed by atoms with van der Waals surface area (Å²) in [5.74, 6) is 0.474. The van der Waals surface area contributed by atoms with E-state index in [9.17, 15) is 4.79 Å². The number of nitrogens with two attached hydrogens (primary N) is 1. The van der Waals surface area contributed by atoms with Crippen molar-refractivity contribution in [1.29, 1.82) is 0 Å². The monoisotopic (exact) mass is 397 g/mol. The van der Waals surface area contributed by atoms with Crippen LogP contribution in [0.4, 0.5) is 5.82 Å². The second kappa shape index (κ2) is 7.40. The highest BCUT2D eigenvalue weighted by atomic mass is 16.1. The fourth-order valence-corrected chi connectivity index (χ4v) is 3.61. The molecular weight excluding hydrogens is 378 g/mol. The number of carbonyl (C=O) groups excluding carboxylic acids is 1. The number of nitrogens with one attached hydrogen (secondary N) is 1. The van der Waals surface area contributed by atoms with E-state index in [0.29, 0.717) is 36.3 Å².